The molecule has 1 aromatic rings. The normalized spacial score (nSPS) is 22.2. The summed E-state index contributed by atoms with van der Waals surface area (Å²) in [4.78, 5) is 27.9. The lowest BCUT2D eigenvalue weighted by atomic mass is 9.85. The van der Waals surface area contributed by atoms with Crippen LogP contribution in [0.3, 0.4) is 0 Å². The van der Waals surface area contributed by atoms with Crippen molar-refractivity contribution in [2.75, 3.05) is 6.61 Å². The lowest BCUT2D eigenvalue weighted by molar-refractivity contribution is -0.132. The highest BCUT2D eigenvalue weighted by molar-refractivity contribution is 6.31. The largest absolute Gasteiger partial charge is 0.492 e. The SMILES string of the molecule is C=C(OCC)C1=C(C(C(=O)NC2CCCCC2)N(C=O)Cc2ccc(F)cc2)C2C=CC(Cl)=CC2N1. The molecule has 8 heteroatoms. The average Bonchev–Trinajstić information content (AvgIpc) is 3.24. The Morgan fingerprint density at radius 2 is 2.03 bits per heavy atom. The van der Waals surface area contributed by atoms with E-state index >= 15 is 0 Å². The second-order valence-electron chi connectivity index (χ2n) is 9.44. The van der Waals surface area contributed by atoms with Gasteiger partial charge in [-0.1, -0.05) is 55.7 Å². The zero-order chi connectivity index (χ0) is 25.7. The molecule has 192 valence electrons. The number of allylic oxidation sites excluding steroid dienone is 2. The van der Waals surface area contributed by atoms with Crippen molar-refractivity contribution in [2.45, 2.75) is 63.7 Å². The van der Waals surface area contributed by atoms with E-state index in [1.165, 1.54) is 17.0 Å². The summed E-state index contributed by atoms with van der Waals surface area (Å²) in [6.45, 7) is 6.50. The lowest BCUT2D eigenvalue weighted by Gasteiger charge is -2.34. The van der Waals surface area contributed by atoms with Crippen molar-refractivity contribution in [3.63, 3.8) is 0 Å². The summed E-state index contributed by atoms with van der Waals surface area (Å²) in [5.74, 6) is -0.426. The van der Waals surface area contributed by atoms with Gasteiger partial charge in [0.25, 0.3) is 0 Å². The number of hydrogen-bond donors (Lipinski definition) is 2. The Bertz CT molecular complexity index is 1080. The highest BCUT2D eigenvalue weighted by atomic mass is 35.5. The Labute approximate surface area is 216 Å². The summed E-state index contributed by atoms with van der Waals surface area (Å²) in [6, 6.07) is 4.88. The van der Waals surface area contributed by atoms with Crippen LogP contribution >= 0.6 is 11.6 Å². The van der Waals surface area contributed by atoms with Crippen LogP contribution in [0.4, 0.5) is 4.39 Å². The van der Waals surface area contributed by atoms with E-state index in [9.17, 15) is 14.0 Å². The third-order valence-corrected chi connectivity index (χ3v) is 7.24. The van der Waals surface area contributed by atoms with Gasteiger partial charge in [-0.15, -0.1) is 0 Å². The second-order valence-corrected chi connectivity index (χ2v) is 9.88. The van der Waals surface area contributed by atoms with Crippen LogP contribution in [0, 0.1) is 11.7 Å². The fraction of sp³-hybridized carbons (Fsp3) is 0.429. The monoisotopic (exact) mass is 513 g/mol. The summed E-state index contributed by atoms with van der Waals surface area (Å²) >= 11 is 6.29. The summed E-state index contributed by atoms with van der Waals surface area (Å²) in [5, 5.41) is 7.21. The van der Waals surface area contributed by atoms with Gasteiger partial charge in [0.1, 0.15) is 17.6 Å². The van der Waals surface area contributed by atoms with E-state index in [0.29, 0.717) is 35.1 Å². The minimum absolute atomic E-state index is 0.0635. The van der Waals surface area contributed by atoms with Gasteiger partial charge in [-0.05, 0) is 55.2 Å². The molecule has 4 rings (SSSR count). The maximum Gasteiger partial charge on any atom is 0.247 e. The molecule has 2 N–H and O–H groups in total. The minimum atomic E-state index is -0.917. The Morgan fingerprint density at radius 3 is 2.69 bits per heavy atom. The standard InChI is InChI=1S/C28H33ClFN3O3/c1-3-36-18(2)26-25(23-14-11-20(29)15-24(23)32-26)27(28(35)31-22-7-5-4-6-8-22)33(17-34)16-19-9-12-21(30)13-10-19/h9-15,17,22-24,27,32H,2-8,16H2,1H3,(H,31,35). The molecule has 1 saturated carbocycles. The molecule has 36 heavy (non-hydrogen) atoms. The van der Waals surface area contributed by atoms with E-state index in [-0.39, 0.29) is 36.3 Å². The smallest absolute Gasteiger partial charge is 0.247 e. The van der Waals surface area contributed by atoms with Gasteiger partial charge >= 0.3 is 0 Å². The van der Waals surface area contributed by atoms with Crippen LogP contribution in [0.5, 0.6) is 0 Å². The van der Waals surface area contributed by atoms with Crippen LogP contribution < -0.4 is 10.6 Å². The zero-order valence-electron chi connectivity index (χ0n) is 20.5. The van der Waals surface area contributed by atoms with Gasteiger partial charge in [0, 0.05) is 23.5 Å². The van der Waals surface area contributed by atoms with E-state index in [0.717, 1.165) is 37.7 Å². The number of hydrogen-bond acceptors (Lipinski definition) is 4. The first-order chi connectivity index (χ1) is 17.4. The molecule has 0 radical (unpaired) electrons. The van der Waals surface area contributed by atoms with Crippen molar-refractivity contribution in [1.82, 2.24) is 15.5 Å². The predicted octanol–water partition coefficient (Wildman–Crippen LogP) is 4.69. The van der Waals surface area contributed by atoms with Crippen LogP contribution in [0.2, 0.25) is 0 Å². The van der Waals surface area contributed by atoms with Crippen LogP contribution in [0.25, 0.3) is 0 Å². The molecule has 3 aliphatic rings. The van der Waals surface area contributed by atoms with Gasteiger partial charge in [0.2, 0.25) is 12.3 Å². The topological polar surface area (TPSA) is 70.7 Å². The molecule has 3 atom stereocenters. The van der Waals surface area contributed by atoms with Crippen LogP contribution in [-0.2, 0) is 20.9 Å². The van der Waals surface area contributed by atoms with E-state index < -0.39 is 6.04 Å². The molecule has 0 spiro atoms. The number of benzene rings is 1. The molecule has 0 saturated heterocycles. The van der Waals surface area contributed by atoms with Gasteiger partial charge in [0.15, 0.2) is 0 Å². The van der Waals surface area contributed by atoms with Crippen molar-refractivity contribution < 1.29 is 18.7 Å². The second kappa shape index (κ2) is 11.8. The van der Waals surface area contributed by atoms with Crippen LogP contribution in [-0.4, -0.2) is 41.9 Å². The Hall–Kier alpha value is -3.06. The third-order valence-electron chi connectivity index (χ3n) is 6.98. The number of nitrogens with zero attached hydrogens (tertiary/aromatic N) is 1. The average molecular weight is 514 g/mol. The number of rotatable bonds is 10. The molecule has 2 amide bonds. The number of amides is 2. The van der Waals surface area contributed by atoms with Gasteiger partial charge in [-0.25, -0.2) is 4.39 Å². The van der Waals surface area contributed by atoms with Crippen LogP contribution in [0.15, 0.2) is 71.1 Å². The van der Waals surface area contributed by atoms with E-state index in [1.807, 2.05) is 19.1 Å². The number of carbonyl (C=O) groups is 2. The number of nitrogens with one attached hydrogen (secondary N) is 2. The number of fused-ring (bicyclic) bond motifs is 1. The zero-order valence-corrected chi connectivity index (χ0v) is 21.3. The molecular formula is C28H33ClFN3O3. The summed E-state index contributed by atoms with van der Waals surface area (Å²) in [5.41, 5.74) is 2.03. The van der Waals surface area contributed by atoms with Crippen molar-refractivity contribution in [2.24, 2.45) is 5.92 Å². The van der Waals surface area contributed by atoms with Crippen molar-refractivity contribution in [3.8, 4) is 0 Å². The maximum absolute atomic E-state index is 13.9. The molecule has 2 aliphatic carbocycles. The highest BCUT2D eigenvalue weighted by Gasteiger charge is 2.43. The molecule has 1 fully saturated rings. The third kappa shape index (κ3) is 5.84. The molecular weight excluding hydrogens is 481 g/mol. The maximum atomic E-state index is 13.9. The van der Waals surface area contributed by atoms with Gasteiger partial charge in [-0.2, -0.15) is 0 Å². The first kappa shape index (κ1) is 26.0. The van der Waals surface area contributed by atoms with Gasteiger partial charge in [-0.3, -0.25) is 9.59 Å². The summed E-state index contributed by atoms with van der Waals surface area (Å²) < 4.78 is 19.3. The number of carbonyl (C=O) groups excluding carboxylic acids is 2. The van der Waals surface area contributed by atoms with Gasteiger partial charge < -0.3 is 20.3 Å². The lowest BCUT2D eigenvalue weighted by Crippen LogP contribution is -2.51. The molecule has 3 unspecified atom stereocenters. The van der Waals surface area contributed by atoms with Crippen molar-refractivity contribution >= 4 is 23.9 Å². The van der Waals surface area contributed by atoms with Crippen LogP contribution in [0.1, 0.15) is 44.6 Å². The highest BCUT2D eigenvalue weighted by Crippen LogP contribution is 2.39. The summed E-state index contributed by atoms with van der Waals surface area (Å²) in [7, 11) is 0. The van der Waals surface area contributed by atoms with E-state index in [1.54, 1.807) is 18.2 Å². The predicted molar refractivity (Wildman–Crippen MR) is 138 cm³/mol. The summed E-state index contributed by atoms with van der Waals surface area (Å²) in [6.07, 6.45) is 11.4. The van der Waals surface area contributed by atoms with Crippen molar-refractivity contribution in [1.29, 1.82) is 0 Å². The minimum Gasteiger partial charge on any atom is -0.492 e. The molecule has 1 aliphatic heterocycles. The quantitative estimate of drug-likeness (QED) is 0.352. The fourth-order valence-corrected chi connectivity index (χ4v) is 5.49. The molecule has 1 heterocycles. The first-order valence-electron chi connectivity index (χ1n) is 12.5. The van der Waals surface area contributed by atoms with Crippen molar-refractivity contribution in [3.05, 3.63) is 82.5 Å². The molecule has 1 aromatic carbocycles. The Balaban J connectivity index is 1.75. The molecule has 6 nitrogen and oxygen atoms in total. The number of halogens is 2. The van der Waals surface area contributed by atoms with E-state index in [4.69, 9.17) is 16.3 Å². The Morgan fingerprint density at radius 1 is 1.31 bits per heavy atom. The van der Waals surface area contributed by atoms with Gasteiger partial charge in [0.05, 0.1) is 18.3 Å². The molecule has 0 aromatic heterocycles. The number of ether oxygens (including phenoxy) is 1. The fourth-order valence-electron chi connectivity index (χ4n) is 5.29. The Kier molecular flexibility index (Phi) is 8.52. The molecule has 0 bridgehead atoms. The first-order valence-corrected chi connectivity index (χ1v) is 12.9. The van der Waals surface area contributed by atoms with E-state index in [2.05, 4.69) is 17.2 Å².